The van der Waals surface area contributed by atoms with E-state index in [9.17, 15) is 9.59 Å². The molecule has 5 N–H and O–H groups in total. The van der Waals surface area contributed by atoms with Gasteiger partial charge in [-0.1, -0.05) is 0 Å². The molecule has 0 saturated carbocycles. The molecular weight excluding hydrogens is 203 g/mol. The maximum Gasteiger partial charge on any atom is 0.472 e. The Kier molecular flexibility index (Phi) is 5.91. The first-order chi connectivity index (χ1) is 6.84. The molecule has 1 amide bonds. The third kappa shape index (κ3) is 6.05. The van der Waals surface area contributed by atoms with Gasteiger partial charge in [0.05, 0.1) is 12.5 Å². The van der Waals surface area contributed by atoms with Gasteiger partial charge in [-0.15, -0.1) is 0 Å². The number of carboxylic acid groups (broad SMARTS) is 1. The van der Waals surface area contributed by atoms with E-state index in [0.717, 1.165) is 4.90 Å². The number of likely N-dealkylation sites (N-methyl/N-ethyl adjacent to an activating group) is 1. The van der Waals surface area contributed by atoms with Gasteiger partial charge in [0.2, 0.25) is 5.91 Å². The molecule has 0 aliphatic heterocycles. The molecule has 0 rings (SSSR count). The first kappa shape index (κ1) is 13.9. The van der Waals surface area contributed by atoms with Gasteiger partial charge in [-0.25, -0.2) is 0 Å². The molecule has 1 atom stereocenters. The molecule has 15 heavy (non-hydrogen) atoms. The van der Waals surface area contributed by atoms with Crippen LogP contribution in [-0.2, 0) is 9.59 Å². The van der Waals surface area contributed by atoms with E-state index in [1.54, 1.807) is 0 Å². The van der Waals surface area contributed by atoms with Gasteiger partial charge in [-0.05, 0) is 6.42 Å². The minimum Gasteiger partial charge on any atom is -0.481 e. The maximum atomic E-state index is 11.4. The topological polar surface area (TPSA) is 124 Å². The summed E-state index contributed by atoms with van der Waals surface area (Å²) in [6, 6.07) is -0.926. The first-order valence-electron chi connectivity index (χ1n) is 4.43. The van der Waals surface area contributed by atoms with Crippen LogP contribution in [0.25, 0.3) is 0 Å². The lowest BCUT2D eigenvalue weighted by molar-refractivity contribution is -0.137. The summed E-state index contributed by atoms with van der Waals surface area (Å²) >= 11 is 0. The van der Waals surface area contributed by atoms with Gasteiger partial charge in [-0.2, -0.15) is 0 Å². The summed E-state index contributed by atoms with van der Waals surface area (Å²) in [6.07, 6.45) is -0.415. The zero-order chi connectivity index (χ0) is 12.0. The van der Waals surface area contributed by atoms with E-state index < -0.39 is 25.0 Å². The van der Waals surface area contributed by atoms with Crippen molar-refractivity contribution in [2.75, 3.05) is 13.5 Å². The number of carbonyl (C=O) groups excluding carboxylic acids is 1. The lowest BCUT2D eigenvalue weighted by Crippen LogP contribution is -2.45. The molecule has 0 heterocycles. The Labute approximate surface area is 87.6 Å². The number of carboxylic acids is 1. The van der Waals surface area contributed by atoms with Crippen LogP contribution in [0.5, 0.6) is 0 Å². The van der Waals surface area contributed by atoms with Crippen molar-refractivity contribution in [2.45, 2.75) is 18.9 Å². The van der Waals surface area contributed by atoms with Crippen molar-refractivity contribution in [3.05, 3.63) is 0 Å². The molecule has 0 unspecified atom stereocenters. The fourth-order valence-electron chi connectivity index (χ4n) is 1.02. The summed E-state index contributed by atoms with van der Waals surface area (Å²) in [5, 5.41) is 25.6. The summed E-state index contributed by atoms with van der Waals surface area (Å²) in [7, 11) is -0.256. The molecular formula is C7H15BN2O5. The molecule has 0 aromatic carbocycles. The second kappa shape index (κ2) is 6.38. The van der Waals surface area contributed by atoms with Gasteiger partial charge in [0.25, 0.3) is 0 Å². The van der Waals surface area contributed by atoms with E-state index in [2.05, 4.69) is 0 Å². The molecule has 86 valence electrons. The second-order valence-electron chi connectivity index (χ2n) is 3.24. The average molecular weight is 218 g/mol. The summed E-state index contributed by atoms with van der Waals surface area (Å²) in [4.78, 5) is 22.6. The summed E-state index contributed by atoms with van der Waals surface area (Å²) < 4.78 is 0. The van der Waals surface area contributed by atoms with Gasteiger partial charge in [0.15, 0.2) is 0 Å². The minimum absolute atomic E-state index is 0.0278. The van der Waals surface area contributed by atoms with Gasteiger partial charge in [0.1, 0.15) is 0 Å². The van der Waals surface area contributed by atoms with Crippen molar-refractivity contribution < 1.29 is 24.7 Å². The lowest BCUT2D eigenvalue weighted by atomic mass is 9.91. The highest BCUT2D eigenvalue weighted by atomic mass is 16.4. The SMILES string of the molecule is CN(CB(O)O)C(=O)[C@@H](N)CCC(=O)O. The van der Waals surface area contributed by atoms with Crippen LogP contribution in [-0.4, -0.2) is 58.6 Å². The van der Waals surface area contributed by atoms with Crippen molar-refractivity contribution in [2.24, 2.45) is 5.73 Å². The standard InChI is InChI=1S/C7H15BN2O5/c1-10(4-8(14)15)7(13)5(9)2-3-6(11)12/h5,14-15H,2-4,9H2,1H3,(H,11,12)/t5-/m0/s1. The zero-order valence-electron chi connectivity index (χ0n) is 8.46. The summed E-state index contributed by atoms with van der Waals surface area (Å²) in [6.45, 7) is 0. The molecule has 0 bridgehead atoms. The van der Waals surface area contributed by atoms with Crippen molar-refractivity contribution in [3.63, 3.8) is 0 Å². The van der Waals surface area contributed by atoms with Crippen LogP contribution in [0.4, 0.5) is 0 Å². The number of amides is 1. The van der Waals surface area contributed by atoms with Gasteiger partial charge in [-0.3, -0.25) is 9.59 Å². The number of aliphatic carboxylic acids is 1. The predicted molar refractivity (Wildman–Crippen MR) is 52.7 cm³/mol. The van der Waals surface area contributed by atoms with E-state index in [1.807, 2.05) is 0 Å². The van der Waals surface area contributed by atoms with Crippen LogP contribution < -0.4 is 5.73 Å². The van der Waals surface area contributed by atoms with Crippen LogP contribution >= 0.6 is 0 Å². The normalized spacial score (nSPS) is 12.0. The number of hydrogen-bond acceptors (Lipinski definition) is 5. The van der Waals surface area contributed by atoms with Crippen molar-refractivity contribution in [1.82, 2.24) is 4.90 Å². The fourth-order valence-corrected chi connectivity index (χ4v) is 1.02. The third-order valence-electron chi connectivity index (χ3n) is 1.80. The maximum absolute atomic E-state index is 11.4. The number of rotatable bonds is 6. The Morgan fingerprint density at radius 1 is 1.47 bits per heavy atom. The molecule has 0 aliphatic rings. The Bertz CT molecular complexity index is 235. The monoisotopic (exact) mass is 218 g/mol. The predicted octanol–water partition coefficient (Wildman–Crippen LogP) is -2.35. The Morgan fingerprint density at radius 2 is 2.00 bits per heavy atom. The largest absolute Gasteiger partial charge is 0.481 e. The van der Waals surface area contributed by atoms with E-state index >= 15 is 0 Å². The zero-order valence-corrected chi connectivity index (χ0v) is 8.46. The lowest BCUT2D eigenvalue weighted by Gasteiger charge is -2.20. The quantitative estimate of drug-likeness (QED) is 0.370. The second-order valence-corrected chi connectivity index (χ2v) is 3.24. The minimum atomic E-state index is -1.62. The van der Waals surface area contributed by atoms with Gasteiger partial charge < -0.3 is 25.8 Å². The highest BCUT2D eigenvalue weighted by molar-refractivity contribution is 6.41. The average Bonchev–Trinajstić information content (AvgIpc) is 2.11. The summed E-state index contributed by atoms with van der Waals surface area (Å²) in [5.74, 6) is -1.53. The third-order valence-corrected chi connectivity index (χ3v) is 1.80. The van der Waals surface area contributed by atoms with E-state index in [-0.39, 0.29) is 19.3 Å². The van der Waals surface area contributed by atoms with Crippen LogP contribution in [0.15, 0.2) is 0 Å². The van der Waals surface area contributed by atoms with Crippen LogP contribution in [0.2, 0.25) is 0 Å². The molecule has 0 aromatic rings. The van der Waals surface area contributed by atoms with Crippen molar-refractivity contribution in [3.8, 4) is 0 Å². The van der Waals surface area contributed by atoms with Gasteiger partial charge >= 0.3 is 13.1 Å². The molecule has 8 heteroatoms. The highest BCUT2D eigenvalue weighted by Gasteiger charge is 2.21. The molecule has 0 fully saturated rings. The van der Waals surface area contributed by atoms with E-state index in [1.165, 1.54) is 7.05 Å². The Balaban J connectivity index is 4.01. The van der Waals surface area contributed by atoms with Crippen LogP contribution in [0.3, 0.4) is 0 Å². The highest BCUT2D eigenvalue weighted by Crippen LogP contribution is 1.99. The summed E-state index contributed by atoms with van der Waals surface area (Å²) in [5.41, 5.74) is 5.42. The smallest absolute Gasteiger partial charge is 0.472 e. The Morgan fingerprint density at radius 3 is 2.40 bits per heavy atom. The van der Waals surface area contributed by atoms with Crippen LogP contribution in [0, 0.1) is 0 Å². The Hall–Kier alpha value is -1.12. The van der Waals surface area contributed by atoms with E-state index in [4.69, 9.17) is 20.9 Å². The molecule has 0 spiro atoms. The van der Waals surface area contributed by atoms with Crippen molar-refractivity contribution in [1.29, 1.82) is 0 Å². The number of carbonyl (C=O) groups is 2. The van der Waals surface area contributed by atoms with Gasteiger partial charge in [0, 0.05) is 13.5 Å². The first-order valence-corrected chi connectivity index (χ1v) is 4.43. The molecule has 0 aliphatic carbocycles. The molecule has 0 aromatic heterocycles. The van der Waals surface area contributed by atoms with Crippen LogP contribution in [0.1, 0.15) is 12.8 Å². The van der Waals surface area contributed by atoms with Crippen molar-refractivity contribution >= 4 is 19.0 Å². The molecule has 0 saturated heterocycles. The number of hydrogen-bond donors (Lipinski definition) is 4. The van der Waals surface area contributed by atoms with E-state index in [0.29, 0.717) is 0 Å². The fraction of sp³-hybridized carbons (Fsp3) is 0.714. The number of nitrogens with zero attached hydrogens (tertiary/aromatic N) is 1. The molecule has 0 radical (unpaired) electrons. The number of nitrogens with two attached hydrogens (primary N) is 1. The molecule has 7 nitrogen and oxygen atoms in total.